The summed E-state index contributed by atoms with van der Waals surface area (Å²) in [4.78, 5) is 3.40. The predicted molar refractivity (Wildman–Crippen MR) is 84.3 cm³/mol. The van der Waals surface area contributed by atoms with Crippen LogP contribution in [0, 0.1) is 17.2 Å². The van der Waals surface area contributed by atoms with Gasteiger partial charge in [-0.2, -0.15) is 5.26 Å². The van der Waals surface area contributed by atoms with E-state index in [4.69, 9.17) is 4.74 Å². The molecule has 1 saturated carbocycles. The van der Waals surface area contributed by atoms with E-state index in [2.05, 4.69) is 24.0 Å². The Labute approximate surface area is 125 Å². The summed E-state index contributed by atoms with van der Waals surface area (Å²) in [6, 6.07) is 8.97. The smallest absolute Gasteiger partial charge is 0.103 e. The molecule has 2 rings (SSSR count). The van der Waals surface area contributed by atoms with Crippen LogP contribution < -0.4 is 4.90 Å². The van der Waals surface area contributed by atoms with Crippen LogP contribution in [0.5, 0.6) is 0 Å². The summed E-state index contributed by atoms with van der Waals surface area (Å²) < 4.78 is 5.24. The van der Waals surface area contributed by atoms with Crippen molar-refractivity contribution in [2.75, 3.05) is 31.4 Å². The van der Waals surface area contributed by atoms with Crippen molar-refractivity contribution < 1.29 is 4.74 Å². The largest absolute Gasteiger partial charge is 0.383 e. The van der Waals surface area contributed by atoms with Crippen molar-refractivity contribution in [1.82, 2.24) is 0 Å². The number of methoxy groups -OCH3 is 1. The zero-order valence-corrected chi connectivity index (χ0v) is 13.2. The highest BCUT2D eigenvalue weighted by Gasteiger charge is 2.33. The normalized spacial score (nSPS) is 15.7. The van der Waals surface area contributed by atoms with Crippen molar-refractivity contribution in [3.05, 3.63) is 23.8 Å². The number of nitrogens with zero attached hydrogens (tertiary/aromatic N) is 2. The number of rotatable bonds is 7. The van der Waals surface area contributed by atoms with Gasteiger partial charge < -0.3 is 9.64 Å². The zero-order chi connectivity index (χ0) is 14.5. The number of anilines is 1. The van der Waals surface area contributed by atoms with E-state index in [1.807, 2.05) is 18.4 Å². The fourth-order valence-electron chi connectivity index (χ4n) is 2.61. The van der Waals surface area contributed by atoms with Crippen molar-refractivity contribution >= 4 is 17.4 Å². The monoisotopic (exact) mass is 290 g/mol. The first-order chi connectivity index (χ1) is 9.72. The molecule has 0 bridgehead atoms. The molecule has 1 aliphatic rings. The Kier molecular flexibility index (Phi) is 5.33. The SMILES string of the molecule is COCCN(c1cccc(SC)c1C#N)C(C)C1CC1. The number of hydrogen-bond donors (Lipinski definition) is 0. The minimum Gasteiger partial charge on any atom is -0.383 e. The summed E-state index contributed by atoms with van der Waals surface area (Å²) in [5.41, 5.74) is 1.85. The van der Waals surface area contributed by atoms with Gasteiger partial charge in [0.1, 0.15) is 6.07 Å². The molecule has 4 heteroatoms. The van der Waals surface area contributed by atoms with Gasteiger partial charge in [0.25, 0.3) is 0 Å². The number of nitriles is 1. The molecular formula is C16H22N2OS. The lowest BCUT2D eigenvalue weighted by atomic mass is 10.1. The van der Waals surface area contributed by atoms with Crippen LogP contribution in [-0.4, -0.2) is 32.6 Å². The van der Waals surface area contributed by atoms with Crippen molar-refractivity contribution in [3.63, 3.8) is 0 Å². The van der Waals surface area contributed by atoms with Gasteiger partial charge in [-0.05, 0) is 44.1 Å². The van der Waals surface area contributed by atoms with Gasteiger partial charge >= 0.3 is 0 Å². The van der Waals surface area contributed by atoms with Crippen LogP contribution in [0.4, 0.5) is 5.69 Å². The third-order valence-electron chi connectivity index (χ3n) is 3.98. The van der Waals surface area contributed by atoms with Gasteiger partial charge in [0.2, 0.25) is 0 Å². The van der Waals surface area contributed by atoms with Gasteiger partial charge in [-0.15, -0.1) is 11.8 Å². The summed E-state index contributed by atoms with van der Waals surface area (Å²) in [6.45, 7) is 3.78. The van der Waals surface area contributed by atoms with Crippen LogP contribution in [0.25, 0.3) is 0 Å². The van der Waals surface area contributed by atoms with E-state index >= 15 is 0 Å². The predicted octanol–water partition coefficient (Wildman–Crippen LogP) is 3.53. The van der Waals surface area contributed by atoms with Crippen LogP contribution >= 0.6 is 11.8 Å². The molecule has 0 aliphatic heterocycles. The first kappa shape index (κ1) is 15.2. The van der Waals surface area contributed by atoms with Gasteiger partial charge in [0, 0.05) is 24.6 Å². The van der Waals surface area contributed by atoms with Crippen LogP contribution in [0.3, 0.4) is 0 Å². The van der Waals surface area contributed by atoms with E-state index in [1.165, 1.54) is 12.8 Å². The third kappa shape index (κ3) is 3.28. The summed E-state index contributed by atoms with van der Waals surface area (Å²) in [7, 11) is 1.73. The first-order valence-corrected chi connectivity index (χ1v) is 8.28. The van der Waals surface area contributed by atoms with Crippen LogP contribution in [0.2, 0.25) is 0 Å². The molecule has 1 unspecified atom stereocenters. The third-order valence-corrected chi connectivity index (χ3v) is 4.76. The average molecular weight is 290 g/mol. The maximum Gasteiger partial charge on any atom is 0.103 e. The molecule has 0 heterocycles. The Balaban J connectivity index is 2.34. The lowest BCUT2D eigenvalue weighted by Crippen LogP contribution is -2.37. The molecule has 0 saturated heterocycles. The van der Waals surface area contributed by atoms with Gasteiger partial charge in [-0.25, -0.2) is 0 Å². The summed E-state index contributed by atoms with van der Waals surface area (Å²) >= 11 is 1.63. The minimum atomic E-state index is 0.467. The lowest BCUT2D eigenvalue weighted by molar-refractivity contribution is 0.202. The number of ether oxygens (including phenoxy) is 1. The van der Waals surface area contributed by atoms with E-state index in [9.17, 15) is 5.26 Å². The van der Waals surface area contributed by atoms with Crippen molar-refractivity contribution in [3.8, 4) is 6.07 Å². The van der Waals surface area contributed by atoms with E-state index in [1.54, 1.807) is 18.9 Å². The first-order valence-electron chi connectivity index (χ1n) is 7.05. The molecule has 0 radical (unpaired) electrons. The van der Waals surface area contributed by atoms with E-state index in [0.717, 1.165) is 28.6 Å². The van der Waals surface area contributed by atoms with E-state index in [-0.39, 0.29) is 0 Å². The zero-order valence-electron chi connectivity index (χ0n) is 12.4. The minimum absolute atomic E-state index is 0.467. The van der Waals surface area contributed by atoms with Crippen LogP contribution in [0.1, 0.15) is 25.3 Å². The van der Waals surface area contributed by atoms with Crippen molar-refractivity contribution in [2.24, 2.45) is 5.92 Å². The Morgan fingerprint density at radius 1 is 1.50 bits per heavy atom. The van der Waals surface area contributed by atoms with Gasteiger partial charge in [0.05, 0.1) is 17.9 Å². The topological polar surface area (TPSA) is 36.3 Å². The molecule has 0 aromatic heterocycles. The molecule has 1 atom stereocenters. The molecular weight excluding hydrogens is 268 g/mol. The Morgan fingerprint density at radius 3 is 2.80 bits per heavy atom. The van der Waals surface area contributed by atoms with E-state index < -0.39 is 0 Å². The number of benzene rings is 1. The maximum absolute atomic E-state index is 9.52. The van der Waals surface area contributed by atoms with E-state index in [0.29, 0.717) is 12.6 Å². The van der Waals surface area contributed by atoms with Crippen LogP contribution in [-0.2, 0) is 4.74 Å². The highest BCUT2D eigenvalue weighted by molar-refractivity contribution is 7.98. The Morgan fingerprint density at radius 2 is 2.25 bits per heavy atom. The van der Waals surface area contributed by atoms with Gasteiger partial charge in [-0.1, -0.05) is 6.07 Å². The summed E-state index contributed by atoms with van der Waals surface area (Å²) in [5.74, 6) is 0.760. The summed E-state index contributed by atoms with van der Waals surface area (Å²) in [6.07, 6.45) is 4.62. The van der Waals surface area contributed by atoms with Gasteiger partial charge in [-0.3, -0.25) is 0 Å². The van der Waals surface area contributed by atoms with Crippen LogP contribution in [0.15, 0.2) is 23.1 Å². The average Bonchev–Trinajstić information content (AvgIpc) is 3.31. The Hall–Kier alpha value is -1.18. The second-order valence-corrected chi connectivity index (χ2v) is 6.08. The standard InChI is InChI=1S/C16H22N2OS/c1-12(13-7-8-13)18(9-10-19-2)15-5-4-6-16(20-3)14(15)11-17/h4-6,12-13H,7-10H2,1-3H3. The molecule has 3 nitrogen and oxygen atoms in total. The molecule has 0 spiro atoms. The quantitative estimate of drug-likeness (QED) is 0.720. The molecule has 0 N–H and O–H groups in total. The fourth-order valence-corrected chi connectivity index (χ4v) is 3.18. The number of thioether (sulfide) groups is 1. The van der Waals surface area contributed by atoms with Crippen molar-refractivity contribution in [2.45, 2.75) is 30.7 Å². The highest BCUT2D eigenvalue weighted by atomic mass is 32.2. The van der Waals surface area contributed by atoms with Gasteiger partial charge in [0.15, 0.2) is 0 Å². The second kappa shape index (κ2) is 7.01. The fraction of sp³-hybridized carbons (Fsp3) is 0.562. The maximum atomic E-state index is 9.52. The molecule has 1 aliphatic carbocycles. The summed E-state index contributed by atoms with van der Waals surface area (Å²) in [5, 5.41) is 9.52. The highest BCUT2D eigenvalue weighted by Crippen LogP contribution is 2.38. The molecule has 1 aromatic rings. The molecule has 20 heavy (non-hydrogen) atoms. The molecule has 1 aromatic carbocycles. The second-order valence-electron chi connectivity index (χ2n) is 5.23. The van der Waals surface area contributed by atoms with Crippen molar-refractivity contribution in [1.29, 1.82) is 5.26 Å². The molecule has 108 valence electrons. The lowest BCUT2D eigenvalue weighted by Gasteiger charge is -2.32. The molecule has 0 amide bonds. The molecule has 1 fully saturated rings. The number of hydrogen-bond acceptors (Lipinski definition) is 4. The Bertz CT molecular complexity index is 494.